The highest BCUT2D eigenvalue weighted by molar-refractivity contribution is 5.92. The first-order valence-corrected chi connectivity index (χ1v) is 37.5. The van der Waals surface area contributed by atoms with Gasteiger partial charge in [-0.25, -0.2) is 0 Å². The third-order valence-corrected chi connectivity index (χ3v) is 18.6. The second-order valence-corrected chi connectivity index (χ2v) is 28.3. The summed E-state index contributed by atoms with van der Waals surface area (Å²) in [7, 11) is 0. The van der Waals surface area contributed by atoms with E-state index in [1.165, 1.54) is 41.5 Å². The van der Waals surface area contributed by atoms with Crippen LogP contribution in [0.25, 0.3) is 0 Å². The Hall–Kier alpha value is -16.1. The fourth-order valence-corrected chi connectivity index (χ4v) is 13.2. The monoisotopic (exact) mass is 1600 g/mol. The van der Waals surface area contributed by atoms with Gasteiger partial charge in [0.1, 0.15) is 34.5 Å². The van der Waals surface area contributed by atoms with E-state index in [0.717, 1.165) is 0 Å². The topological polar surface area (TPSA) is 444 Å². The van der Waals surface area contributed by atoms with Crippen LogP contribution in [0.3, 0.4) is 0 Å². The Labute approximate surface area is 686 Å². The number of nitrogens with zero attached hydrogens (tertiary/aromatic N) is 12. The summed E-state index contributed by atoms with van der Waals surface area (Å²) in [5, 5.41) is 150. The highest BCUT2D eigenvalue weighted by atomic mass is 16.3. The number of amides is 6. The number of hydrogen-bond acceptors (Lipinski definition) is 24. The number of carbonyl (C=O) groups is 6. The number of fused-ring (bicyclic) bond motifs is 12. The predicted octanol–water partition coefficient (Wildman–Crippen LogP) is 22.0. The summed E-state index contributed by atoms with van der Waals surface area (Å²) >= 11 is 0. The van der Waals surface area contributed by atoms with Gasteiger partial charge >= 0.3 is 0 Å². The average Bonchev–Trinajstić information content (AvgIpc) is 0.784. The molecule has 12 aromatic carbocycles. The molecule has 13 rings (SSSR count). The summed E-state index contributed by atoms with van der Waals surface area (Å²) in [6.07, 6.45) is -1.53. The maximum Gasteiger partial charge on any atom is 0.221 e. The number of nitrogens with one attached hydrogen (secondary N) is 6. The lowest BCUT2D eigenvalue weighted by Crippen LogP contribution is -2.04. The molecule has 120 heavy (non-hydrogen) atoms. The summed E-state index contributed by atoms with van der Waals surface area (Å²) in [4.78, 5) is 71.9. The van der Waals surface area contributed by atoms with Crippen molar-refractivity contribution in [3.8, 4) is 34.5 Å². The second kappa shape index (κ2) is 37.0. The molecule has 12 N–H and O–H groups in total. The highest BCUT2D eigenvalue weighted by Gasteiger charge is 2.25. The Bertz CT molecular complexity index is 5060. The zero-order valence-corrected chi connectivity index (χ0v) is 65.5. The summed E-state index contributed by atoms with van der Waals surface area (Å²) < 4.78 is 0. The Morgan fingerprint density at radius 2 is 0.283 bits per heavy atom. The first kappa shape index (κ1) is 81.9. The highest BCUT2D eigenvalue weighted by Crippen LogP contribution is 2.46. The maximum atomic E-state index is 13.0. The Morgan fingerprint density at radius 3 is 0.383 bits per heavy atom. The van der Waals surface area contributed by atoms with Gasteiger partial charge in [0, 0.05) is 181 Å². The lowest BCUT2D eigenvalue weighted by molar-refractivity contribution is -0.115. The summed E-state index contributed by atoms with van der Waals surface area (Å²) in [6.45, 7) is 8.30. The number of phenols is 6. The van der Waals surface area contributed by atoms with Gasteiger partial charge in [-0.1, -0.05) is 0 Å². The number of aromatic hydroxyl groups is 6. The molecule has 30 nitrogen and oxygen atoms in total. The van der Waals surface area contributed by atoms with Gasteiger partial charge in [-0.3, -0.25) is 28.8 Å². The first-order chi connectivity index (χ1) is 57.7. The standard InChI is InChI=1S/C90H78N18O12/c1-49(109)91-67-7-19-73(20-8-67)97-103-79-37-55-31-57-39-80(104-98-74-21-9-68(10-22-74)92-50(2)110)41-59(86(57)116)33-61-43-82(106-100-76-25-13-70(14-26-76)94-52(4)112)45-63(88(61)118)35-65-47-84(108-102-78-29-17-72(18-30-78)96-54(6)114)48-66(90(65)120)36-64-46-83(107-101-77-27-15-71(16-28-77)95-53(5)113)44-62(89(64)119)34-60-42-81(40-58(87(60)117)32-56(38-79)85(55)115)105-99-75-23-11-69(12-24-75)93-51(3)111/h7-30,37-48,115-120H,31-36H2,1-6H3,(H,91,109)(H,92,110)(H,93,111)(H,94,112)(H,95,113)(H,96,114). The van der Waals surface area contributed by atoms with Crippen LogP contribution in [-0.4, -0.2) is 66.1 Å². The first-order valence-electron chi connectivity index (χ1n) is 37.5. The lowest BCUT2D eigenvalue weighted by Gasteiger charge is -2.18. The lowest BCUT2D eigenvalue weighted by atomic mass is 9.90. The van der Waals surface area contributed by atoms with Crippen LogP contribution < -0.4 is 31.9 Å². The van der Waals surface area contributed by atoms with Gasteiger partial charge in [0.15, 0.2) is 0 Å². The van der Waals surface area contributed by atoms with Crippen molar-refractivity contribution in [1.82, 2.24) is 0 Å². The molecule has 1 aliphatic rings. The molecular weight excluding hydrogens is 1530 g/mol. The summed E-state index contributed by atoms with van der Waals surface area (Å²) in [5.41, 5.74) is 8.74. The molecule has 6 amide bonds. The van der Waals surface area contributed by atoms with Crippen molar-refractivity contribution in [2.75, 3.05) is 31.9 Å². The Kier molecular flexibility index (Phi) is 25.2. The molecule has 0 radical (unpaired) electrons. The summed E-state index contributed by atoms with van der Waals surface area (Å²) in [5.74, 6) is -3.49. The molecule has 0 fully saturated rings. The van der Waals surface area contributed by atoms with E-state index in [-0.39, 0.29) is 209 Å². The van der Waals surface area contributed by atoms with E-state index in [2.05, 4.69) is 93.3 Å². The molecule has 1 aliphatic carbocycles. The van der Waals surface area contributed by atoms with E-state index >= 15 is 0 Å². The molecule has 600 valence electrons. The molecule has 0 spiro atoms. The normalized spacial score (nSPS) is 12.2. The zero-order chi connectivity index (χ0) is 84.7. The van der Waals surface area contributed by atoms with Crippen molar-refractivity contribution in [2.45, 2.75) is 80.1 Å². The Morgan fingerprint density at radius 1 is 0.183 bits per heavy atom. The smallest absolute Gasteiger partial charge is 0.221 e. The SMILES string of the molecule is CC(=O)Nc1ccc(N=Nc2cc3c(O)c(c2)Cc2cc(N=Nc4ccc(NC(C)=O)cc4)cc(c2O)Cc2cc(N=Nc4ccc(NC(C)=O)cc4)cc(c2O)Cc2cc(N=Nc4ccc(NC(C)=O)cc4)cc(c2O)Cc2cc(N=Nc4ccc(NC(C)=O)cc4)cc(c2O)Cc2cc(N=Nc4ccc(NC(C)=O)cc4)cc(c2O)C3)cc1. The molecule has 0 unspecified atom stereocenters. The van der Waals surface area contributed by atoms with Crippen molar-refractivity contribution < 1.29 is 59.4 Å². The van der Waals surface area contributed by atoms with Gasteiger partial charge in [-0.2, -0.15) is 61.4 Å². The van der Waals surface area contributed by atoms with E-state index in [9.17, 15) is 59.4 Å². The van der Waals surface area contributed by atoms with E-state index in [0.29, 0.717) is 68.2 Å². The van der Waals surface area contributed by atoms with Crippen LogP contribution in [0.15, 0.2) is 280 Å². The number of carbonyl (C=O) groups excluding carboxylic acids is 6. The van der Waals surface area contributed by atoms with Crippen LogP contribution in [0.5, 0.6) is 34.5 Å². The predicted molar refractivity (Wildman–Crippen MR) is 455 cm³/mol. The minimum atomic E-state index is -0.300. The van der Waals surface area contributed by atoms with E-state index in [4.69, 9.17) is 0 Å². The van der Waals surface area contributed by atoms with E-state index < -0.39 is 0 Å². The third kappa shape index (κ3) is 21.8. The van der Waals surface area contributed by atoms with Gasteiger partial charge in [0.05, 0.1) is 68.2 Å². The van der Waals surface area contributed by atoms with Crippen LogP contribution >= 0.6 is 0 Å². The zero-order valence-electron chi connectivity index (χ0n) is 65.5. The van der Waals surface area contributed by atoms with Crippen molar-refractivity contribution in [1.29, 1.82) is 0 Å². The van der Waals surface area contributed by atoms with Gasteiger partial charge in [0.2, 0.25) is 35.4 Å². The number of phenolic OH excluding ortho intramolecular Hbond substituents is 6. The van der Waals surface area contributed by atoms with Gasteiger partial charge in [-0.15, -0.1) is 0 Å². The van der Waals surface area contributed by atoms with Crippen LogP contribution in [0.1, 0.15) is 108 Å². The number of azo groups is 6. The van der Waals surface area contributed by atoms with Crippen LogP contribution in [-0.2, 0) is 67.3 Å². The van der Waals surface area contributed by atoms with Crippen molar-refractivity contribution in [3.05, 3.63) is 285 Å². The molecule has 12 aromatic rings. The van der Waals surface area contributed by atoms with Crippen molar-refractivity contribution >= 4 is 138 Å². The van der Waals surface area contributed by atoms with Gasteiger partial charge in [0.25, 0.3) is 0 Å². The number of rotatable bonds is 18. The molecule has 0 saturated heterocycles. The fraction of sp³-hybridized carbons (Fsp3) is 0.133. The average molecular weight is 1600 g/mol. The van der Waals surface area contributed by atoms with Crippen molar-refractivity contribution in [2.24, 2.45) is 61.4 Å². The second-order valence-electron chi connectivity index (χ2n) is 28.3. The van der Waals surface area contributed by atoms with Gasteiger partial charge in [-0.05, 0) is 218 Å². The minimum Gasteiger partial charge on any atom is -0.507 e. The van der Waals surface area contributed by atoms with Crippen LogP contribution in [0.2, 0.25) is 0 Å². The minimum absolute atomic E-state index is 0.185. The quantitative estimate of drug-likeness (QED) is 0.0357. The molecular formula is C90H78N18O12. The number of benzene rings is 12. The molecule has 0 aromatic heterocycles. The molecule has 30 heteroatoms. The van der Waals surface area contributed by atoms with Crippen LogP contribution in [0, 0.1) is 0 Å². The Balaban J connectivity index is 1.04. The van der Waals surface area contributed by atoms with Crippen molar-refractivity contribution in [3.63, 3.8) is 0 Å². The fourth-order valence-electron chi connectivity index (χ4n) is 13.2. The molecule has 0 aliphatic heterocycles. The molecule has 0 saturated carbocycles. The largest absolute Gasteiger partial charge is 0.507 e. The number of hydrogen-bond donors (Lipinski definition) is 12. The molecule has 12 bridgehead atoms. The van der Waals surface area contributed by atoms with Crippen LogP contribution in [0.4, 0.5) is 102 Å². The maximum absolute atomic E-state index is 13.0. The van der Waals surface area contributed by atoms with Gasteiger partial charge < -0.3 is 62.5 Å². The summed E-state index contributed by atoms with van der Waals surface area (Å²) in [6, 6.07) is 58.4. The molecule has 0 atom stereocenters. The number of anilines is 6. The third-order valence-electron chi connectivity index (χ3n) is 18.6. The molecule has 0 heterocycles. The van der Waals surface area contributed by atoms with E-state index in [1.807, 2.05) is 0 Å². The van der Waals surface area contributed by atoms with E-state index in [1.54, 1.807) is 218 Å².